The minimum atomic E-state index is -0.834. The summed E-state index contributed by atoms with van der Waals surface area (Å²) in [5.41, 5.74) is 8.14. The van der Waals surface area contributed by atoms with Crippen molar-refractivity contribution in [2.24, 2.45) is 5.73 Å². The molecule has 5 nitrogen and oxygen atoms in total. The molecule has 1 unspecified atom stereocenters. The van der Waals surface area contributed by atoms with Crippen LogP contribution in [0.15, 0.2) is 30.5 Å². The van der Waals surface area contributed by atoms with E-state index in [1.54, 1.807) is 19.4 Å². The van der Waals surface area contributed by atoms with Crippen molar-refractivity contribution < 1.29 is 9.84 Å². The normalized spacial score (nSPS) is 12.2. The van der Waals surface area contributed by atoms with Crippen molar-refractivity contribution in [1.82, 2.24) is 9.97 Å². The van der Waals surface area contributed by atoms with Crippen molar-refractivity contribution in [2.75, 3.05) is 13.7 Å². The number of aliphatic hydroxyl groups is 1. The Bertz CT molecular complexity index is 572. The molecule has 5 heteroatoms. The lowest BCUT2D eigenvalue weighted by Gasteiger charge is -2.09. The zero-order chi connectivity index (χ0) is 13.8. The first-order valence-electron chi connectivity index (χ1n) is 6.01. The topological polar surface area (TPSA) is 81.3 Å². The van der Waals surface area contributed by atoms with Gasteiger partial charge < -0.3 is 15.6 Å². The number of hydrogen-bond donors (Lipinski definition) is 2. The molecule has 2 rings (SSSR count). The highest BCUT2D eigenvalue weighted by atomic mass is 16.5. The van der Waals surface area contributed by atoms with Crippen LogP contribution < -0.4 is 10.5 Å². The van der Waals surface area contributed by atoms with Crippen LogP contribution in [0.2, 0.25) is 0 Å². The summed E-state index contributed by atoms with van der Waals surface area (Å²) in [7, 11) is 1.64. The third-order valence-corrected chi connectivity index (χ3v) is 2.89. The molecule has 0 fully saturated rings. The van der Waals surface area contributed by atoms with Crippen LogP contribution in [0.5, 0.6) is 5.75 Å². The minimum Gasteiger partial charge on any atom is -0.496 e. The number of hydrogen-bond acceptors (Lipinski definition) is 5. The number of ether oxygens (including phenoxy) is 1. The lowest BCUT2D eigenvalue weighted by atomic mass is 10.1. The summed E-state index contributed by atoms with van der Waals surface area (Å²) < 4.78 is 5.23. The number of nitrogens with zero attached hydrogens (tertiary/aromatic N) is 2. The summed E-state index contributed by atoms with van der Waals surface area (Å²) in [6, 6.07) is 7.60. The second kappa shape index (κ2) is 5.77. The maximum atomic E-state index is 9.67. The Labute approximate surface area is 112 Å². The highest BCUT2D eigenvalue weighted by Gasteiger charge is 2.10. The zero-order valence-corrected chi connectivity index (χ0v) is 11.0. The fourth-order valence-electron chi connectivity index (χ4n) is 1.84. The first kappa shape index (κ1) is 13.5. The van der Waals surface area contributed by atoms with Gasteiger partial charge in [0, 0.05) is 18.3 Å². The molecular formula is C14H17N3O2. The number of aromatic nitrogens is 2. The molecule has 0 saturated heterocycles. The second-order valence-corrected chi connectivity index (χ2v) is 4.24. The molecule has 1 aromatic heterocycles. The highest BCUT2D eigenvalue weighted by molar-refractivity contribution is 5.61. The Morgan fingerprint density at radius 3 is 2.79 bits per heavy atom. The van der Waals surface area contributed by atoms with Crippen LogP contribution in [-0.4, -0.2) is 28.7 Å². The average Bonchev–Trinajstić information content (AvgIpc) is 2.46. The molecule has 1 aromatic carbocycles. The van der Waals surface area contributed by atoms with Gasteiger partial charge in [0.05, 0.1) is 12.8 Å². The van der Waals surface area contributed by atoms with Gasteiger partial charge in [-0.25, -0.2) is 9.97 Å². The third kappa shape index (κ3) is 2.89. The lowest BCUT2D eigenvalue weighted by molar-refractivity contribution is 0.176. The quantitative estimate of drug-likeness (QED) is 0.868. The summed E-state index contributed by atoms with van der Waals surface area (Å²) >= 11 is 0. The van der Waals surface area contributed by atoms with Gasteiger partial charge in [-0.3, -0.25) is 0 Å². The third-order valence-electron chi connectivity index (χ3n) is 2.89. The summed E-state index contributed by atoms with van der Waals surface area (Å²) in [6.07, 6.45) is 0.787. The van der Waals surface area contributed by atoms with Crippen molar-refractivity contribution in [2.45, 2.75) is 13.0 Å². The van der Waals surface area contributed by atoms with E-state index in [9.17, 15) is 5.11 Å². The fraction of sp³-hybridized carbons (Fsp3) is 0.286. The van der Waals surface area contributed by atoms with Crippen molar-refractivity contribution in [3.8, 4) is 17.0 Å². The predicted octanol–water partition coefficient (Wildman–Crippen LogP) is 1.45. The van der Waals surface area contributed by atoms with E-state index in [0.29, 0.717) is 5.82 Å². The SMILES string of the molecule is COc1ccc(-c2ccnc(C(O)CN)n2)cc1C. The molecule has 0 aliphatic heterocycles. The Hall–Kier alpha value is -1.98. The molecule has 0 aliphatic carbocycles. The van der Waals surface area contributed by atoms with Crippen LogP contribution >= 0.6 is 0 Å². The van der Waals surface area contributed by atoms with E-state index in [4.69, 9.17) is 10.5 Å². The first-order valence-corrected chi connectivity index (χ1v) is 6.01. The van der Waals surface area contributed by atoms with E-state index in [-0.39, 0.29) is 6.54 Å². The van der Waals surface area contributed by atoms with Gasteiger partial charge in [0.15, 0.2) is 5.82 Å². The van der Waals surface area contributed by atoms with E-state index in [0.717, 1.165) is 22.6 Å². The Balaban J connectivity index is 2.39. The molecule has 100 valence electrons. The van der Waals surface area contributed by atoms with Crippen LogP contribution in [0.4, 0.5) is 0 Å². The number of methoxy groups -OCH3 is 1. The maximum absolute atomic E-state index is 9.67. The fourth-order valence-corrected chi connectivity index (χ4v) is 1.84. The lowest BCUT2D eigenvalue weighted by Crippen LogP contribution is -2.14. The van der Waals surface area contributed by atoms with Gasteiger partial charge in [-0.05, 0) is 36.8 Å². The van der Waals surface area contributed by atoms with Crippen molar-refractivity contribution in [3.05, 3.63) is 41.9 Å². The number of nitrogens with two attached hydrogens (primary N) is 1. The number of benzene rings is 1. The first-order chi connectivity index (χ1) is 9.15. The minimum absolute atomic E-state index is 0.102. The van der Waals surface area contributed by atoms with Gasteiger partial charge in [-0.2, -0.15) is 0 Å². The second-order valence-electron chi connectivity index (χ2n) is 4.24. The molecule has 0 aliphatic rings. The Kier molecular flexibility index (Phi) is 4.09. The molecule has 3 N–H and O–H groups in total. The van der Waals surface area contributed by atoms with Gasteiger partial charge in [0.25, 0.3) is 0 Å². The predicted molar refractivity (Wildman–Crippen MR) is 72.8 cm³/mol. The van der Waals surface area contributed by atoms with Crippen LogP contribution in [0.1, 0.15) is 17.5 Å². The summed E-state index contributed by atoms with van der Waals surface area (Å²) in [5.74, 6) is 1.17. The standard InChI is InChI=1S/C14H17N3O2/c1-9-7-10(3-4-13(9)19-2)11-5-6-16-14(17-11)12(18)8-15/h3-7,12,18H,8,15H2,1-2H3. The van der Waals surface area contributed by atoms with Crippen LogP contribution in [-0.2, 0) is 0 Å². The Morgan fingerprint density at radius 1 is 1.37 bits per heavy atom. The van der Waals surface area contributed by atoms with Crippen LogP contribution in [0.25, 0.3) is 11.3 Å². The van der Waals surface area contributed by atoms with Gasteiger partial charge in [0.1, 0.15) is 11.9 Å². The molecule has 0 bridgehead atoms. The van der Waals surface area contributed by atoms with Gasteiger partial charge in [-0.1, -0.05) is 0 Å². The summed E-state index contributed by atoms with van der Waals surface area (Å²) in [5, 5.41) is 9.67. The van der Waals surface area contributed by atoms with E-state index >= 15 is 0 Å². The van der Waals surface area contributed by atoms with E-state index in [1.807, 2.05) is 25.1 Å². The zero-order valence-electron chi connectivity index (χ0n) is 11.0. The molecule has 0 saturated carbocycles. The number of aryl methyl sites for hydroxylation is 1. The van der Waals surface area contributed by atoms with Crippen LogP contribution in [0.3, 0.4) is 0 Å². The molecule has 0 radical (unpaired) electrons. The highest BCUT2D eigenvalue weighted by Crippen LogP contribution is 2.25. The molecule has 2 aromatic rings. The van der Waals surface area contributed by atoms with Crippen molar-refractivity contribution in [3.63, 3.8) is 0 Å². The van der Waals surface area contributed by atoms with Crippen LogP contribution in [0, 0.1) is 6.92 Å². The van der Waals surface area contributed by atoms with Crippen molar-refractivity contribution in [1.29, 1.82) is 0 Å². The number of rotatable bonds is 4. The molecule has 0 spiro atoms. The molecule has 19 heavy (non-hydrogen) atoms. The Morgan fingerprint density at radius 2 is 2.16 bits per heavy atom. The van der Waals surface area contributed by atoms with E-state index in [2.05, 4.69) is 9.97 Å². The number of aliphatic hydroxyl groups excluding tert-OH is 1. The van der Waals surface area contributed by atoms with Gasteiger partial charge in [0.2, 0.25) is 0 Å². The summed E-state index contributed by atoms with van der Waals surface area (Å²) in [4.78, 5) is 8.35. The van der Waals surface area contributed by atoms with Gasteiger partial charge in [-0.15, -0.1) is 0 Å². The molecule has 1 atom stereocenters. The van der Waals surface area contributed by atoms with Gasteiger partial charge >= 0.3 is 0 Å². The van der Waals surface area contributed by atoms with E-state index < -0.39 is 6.10 Å². The molecular weight excluding hydrogens is 242 g/mol. The largest absolute Gasteiger partial charge is 0.496 e. The summed E-state index contributed by atoms with van der Waals surface area (Å²) in [6.45, 7) is 2.07. The molecule has 1 heterocycles. The van der Waals surface area contributed by atoms with Crippen molar-refractivity contribution >= 4 is 0 Å². The monoisotopic (exact) mass is 259 g/mol. The smallest absolute Gasteiger partial charge is 0.158 e. The van der Waals surface area contributed by atoms with E-state index in [1.165, 1.54) is 0 Å². The average molecular weight is 259 g/mol. The molecule has 0 amide bonds. The maximum Gasteiger partial charge on any atom is 0.158 e.